The molecule has 1 saturated heterocycles. The van der Waals surface area contributed by atoms with E-state index in [1.807, 2.05) is 45.9 Å². The highest BCUT2D eigenvalue weighted by Gasteiger charge is 2.52. The van der Waals surface area contributed by atoms with Crippen molar-refractivity contribution in [3.8, 4) is 0 Å². The van der Waals surface area contributed by atoms with Gasteiger partial charge in [0.15, 0.2) is 0 Å². The Hall–Kier alpha value is -1.99. The third kappa shape index (κ3) is 3.74. The molecule has 138 valence electrons. The molecule has 0 unspecified atom stereocenters. The molecule has 3 rings (SSSR count). The summed E-state index contributed by atoms with van der Waals surface area (Å²) in [5, 5.41) is 3.01. The minimum atomic E-state index is -4.47. The second-order valence-electron chi connectivity index (χ2n) is 7.42. The van der Waals surface area contributed by atoms with Crippen molar-refractivity contribution < 1.29 is 22.5 Å². The van der Waals surface area contributed by atoms with Gasteiger partial charge in [-0.25, -0.2) is 0 Å². The largest absolute Gasteiger partial charge is 0.494 e. The zero-order chi connectivity index (χ0) is 19.2. The first-order valence-corrected chi connectivity index (χ1v) is 8.38. The molecular formula is C19H21BF3NO2. The number of alkyl halides is 3. The zero-order valence-electron chi connectivity index (χ0n) is 15.1. The summed E-state index contributed by atoms with van der Waals surface area (Å²) in [6.45, 7) is 7.46. The lowest BCUT2D eigenvalue weighted by Crippen LogP contribution is -2.41. The first kappa shape index (κ1) is 18.8. The lowest BCUT2D eigenvalue weighted by atomic mass is 9.78. The van der Waals surface area contributed by atoms with Crippen molar-refractivity contribution in [2.24, 2.45) is 0 Å². The number of halogens is 3. The number of benzene rings is 2. The van der Waals surface area contributed by atoms with E-state index in [1.54, 1.807) is 18.2 Å². The summed E-state index contributed by atoms with van der Waals surface area (Å²) in [5.74, 6) is 0. The molecule has 0 bridgehead atoms. The van der Waals surface area contributed by atoms with Crippen LogP contribution in [0.3, 0.4) is 0 Å². The molecule has 1 fully saturated rings. The minimum absolute atomic E-state index is 0.329. The Balaban J connectivity index is 1.99. The minimum Gasteiger partial charge on any atom is -0.399 e. The summed E-state index contributed by atoms with van der Waals surface area (Å²) in [6, 6.07) is 12.8. The molecule has 0 atom stereocenters. The molecule has 0 aromatic heterocycles. The van der Waals surface area contributed by atoms with Crippen LogP contribution in [0.5, 0.6) is 0 Å². The Labute approximate surface area is 151 Å². The second-order valence-corrected chi connectivity index (χ2v) is 7.42. The fourth-order valence-electron chi connectivity index (χ4n) is 2.69. The molecule has 2 aromatic carbocycles. The van der Waals surface area contributed by atoms with Gasteiger partial charge in [0, 0.05) is 11.4 Å². The van der Waals surface area contributed by atoms with Crippen molar-refractivity contribution in [1.29, 1.82) is 0 Å². The number of para-hydroxylation sites is 1. The highest BCUT2D eigenvalue weighted by molar-refractivity contribution is 6.62. The molecule has 26 heavy (non-hydrogen) atoms. The van der Waals surface area contributed by atoms with Crippen molar-refractivity contribution >= 4 is 24.0 Å². The number of nitrogens with one attached hydrogen (secondary N) is 1. The van der Waals surface area contributed by atoms with E-state index in [0.29, 0.717) is 16.8 Å². The zero-order valence-corrected chi connectivity index (χ0v) is 15.1. The third-order valence-electron chi connectivity index (χ3n) is 4.87. The number of anilines is 2. The molecule has 0 spiro atoms. The summed E-state index contributed by atoms with van der Waals surface area (Å²) in [7, 11) is -0.862. The van der Waals surface area contributed by atoms with Crippen LogP contribution in [0, 0.1) is 0 Å². The van der Waals surface area contributed by atoms with Gasteiger partial charge in [-0.15, -0.1) is 0 Å². The summed E-state index contributed by atoms with van der Waals surface area (Å²) < 4.78 is 51.9. The molecule has 1 aliphatic rings. The van der Waals surface area contributed by atoms with Gasteiger partial charge in [0.1, 0.15) is 0 Å². The predicted octanol–water partition coefficient (Wildman–Crippen LogP) is 4.75. The topological polar surface area (TPSA) is 30.5 Å². The summed E-state index contributed by atoms with van der Waals surface area (Å²) in [4.78, 5) is 0. The lowest BCUT2D eigenvalue weighted by Gasteiger charge is -2.32. The van der Waals surface area contributed by atoms with Gasteiger partial charge in [0.25, 0.3) is 0 Å². The van der Waals surface area contributed by atoms with E-state index < -0.39 is 30.1 Å². The molecule has 7 heteroatoms. The maximum atomic E-state index is 13.4. The van der Waals surface area contributed by atoms with Crippen LogP contribution in [0.2, 0.25) is 0 Å². The van der Waals surface area contributed by atoms with E-state index in [4.69, 9.17) is 9.31 Å². The van der Waals surface area contributed by atoms with E-state index in [-0.39, 0.29) is 0 Å². The first-order valence-electron chi connectivity index (χ1n) is 8.38. The van der Waals surface area contributed by atoms with Crippen LogP contribution in [0.4, 0.5) is 24.5 Å². The van der Waals surface area contributed by atoms with Gasteiger partial charge >= 0.3 is 13.3 Å². The number of rotatable bonds is 3. The van der Waals surface area contributed by atoms with Crippen LogP contribution >= 0.6 is 0 Å². The molecule has 1 heterocycles. The van der Waals surface area contributed by atoms with Crippen molar-refractivity contribution in [2.45, 2.75) is 45.1 Å². The van der Waals surface area contributed by atoms with Crippen molar-refractivity contribution in [3.05, 3.63) is 54.1 Å². The average molecular weight is 363 g/mol. The van der Waals surface area contributed by atoms with Crippen LogP contribution in [-0.2, 0) is 15.5 Å². The van der Waals surface area contributed by atoms with Crippen molar-refractivity contribution in [3.63, 3.8) is 0 Å². The highest BCUT2D eigenvalue weighted by atomic mass is 19.4. The Bertz CT molecular complexity index is 775. The normalized spacial score (nSPS) is 18.8. The smallest absolute Gasteiger partial charge is 0.399 e. The van der Waals surface area contributed by atoms with E-state index >= 15 is 0 Å². The monoisotopic (exact) mass is 363 g/mol. The molecule has 0 saturated carbocycles. The van der Waals surface area contributed by atoms with Crippen molar-refractivity contribution in [1.82, 2.24) is 0 Å². The van der Waals surface area contributed by atoms with Crippen molar-refractivity contribution in [2.75, 3.05) is 5.32 Å². The Morgan fingerprint density at radius 2 is 1.42 bits per heavy atom. The van der Waals surface area contributed by atoms with Crippen LogP contribution in [0.1, 0.15) is 33.3 Å². The third-order valence-corrected chi connectivity index (χ3v) is 4.87. The van der Waals surface area contributed by atoms with Gasteiger partial charge in [0.05, 0.1) is 16.8 Å². The molecule has 0 amide bonds. The Kier molecular flexibility index (Phi) is 4.57. The summed E-state index contributed by atoms with van der Waals surface area (Å²) in [6.07, 6.45) is -4.47. The molecule has 1 N–H and O–H groups in total. The molecular weight excluding hydrogens is 342 g/mol. The summed E-state index contributed by atoms with van der Waals surface area (Å²) in [5.41, 5.74) is -0.639. The van der Waals surface area contributed by atoms with Gasteiger partial charge in [0.2, 0.25) is 0 Å². The van der Waals surface area contributed by atoms with E-state index in [0.717, 1.165) is 12.1 Å². The van der Waals surface area contributed by atoms with Crippen LogP contribution in [-0.4, -0.2) is 18.3 Å². The maximum Gasteiger partial charge on any atom is 0.494 e. The van der Waals surface area contributed by atoms with Gasteiger partial charge in [-0.2, -0.15) is 13.2 Å². The molecule has 1 aliphatic heterocycles. The predicted molar refractivity (Wildman–Crippen MR) is 96.9 cm³/mol. The highest BCUT2D eigenvalue weighted by Crippen LogP contribution is 2.37. The van der Waals surface area contributed by atoms with Crippen LogP contribution < -0.4 is 10.8 Å². The SMILES string of the molecule is CC1(C)OB(c2cc(Nc3ccccc3)cc(C(F)(F)F)c2)OC1(C)C. The fraction of sp³-hybridized carbons (Fsp3) is 0.368. The van der Waals surface area contributed by atoms with E-state index in [2.05, 4.69) is 5.32 Å². The molecule has 3 nitrogen and oxygen atoms in total. The van der Waals surface area contributed by atoms with Gasteiger partial charge in [-0.05, 0) is 57.4 Å². The average Bonchev–Trinajstić information content (AvgIpc) is 2.75. The van der Waals surface area contributed by atoms with E-state index in [1.165, 1.54) is 0 Å². The summed E-state index contributed by atoms with van der Waals surface area (Å²) >= 11 is 0. The van der Waals surface area contributed by atoms with Gasteiger partial charge in [-0.3, -0.25) is 0 Å². The van der Waals surface area contributed by atoms with Gasteiger partial charge < -0.3 is 14.6 Å². The van der Waals surface area contributed by atoms with Crippen LogP contribution in [0.25, 0.3) is 0 Å². The standard InChI is InChI=1S/C19H21BF3NO2/c1-17(2)18(3,4)26-20(25-17)14-10-13(19(21,22)23)11-16(12-14)24-15-8-6-5-7-9-15/h5-12,24H,1-4H3. The van der Waals surface area contributed by atoms with Gasteiger partial charge in [-0.1, -0.05) is 24.3 Å². The number of hydrogen-bond acceptors (Lipinski definition) is 3. The van der Waals surface area contributed by atoms with E-state index in [9.17, 15) is 13.2 Å². The maximum absolute atomic E-state index is 13.4. The molecule has 0 aliphatic carbocycles. The fourth-order valence-corrected chi connectivity index (χ4v) is 2.69. The second kappa shape index (κ2) is 6.32. The van der Waals surface area contributed by atoms with Crippen LogP contribution in [0.15, 0.2) is 48.5 Å². The number of hydrogen-bond donors (Lipinski definition) is 1. The lowest BCUT2D eigenvalue weighted by molar-refractivity contribution is -0.137. The Morgan fingerprint density at radius 3 is 1.96 bits per heavy atom. The molecule has 2 aromatic rings. The quantitative estimate of drug-likeness (QED) is 0.799. The molecule has 0 radical (unpaired) electrons. The Morgan fingerprint density at radius 1 is 0.846 bits per heavy atom. The first-order chi connectivity index (χ1) is 12.0.